The topological polar surface area (TPSA) is 53.7 Å². The molecule has 2 nitrogen and oxygen atoms in total. The van der Waals surface area contributed by atoms with Crippen molar-refractivity contribution in [3.8, 4) is 0 Å². The van der Waals surface area contributed by atoms with Gasteiger partial charge in [0, 0.05) is 12.1 Å². The Balaban J connectivity index is 2.69. The Labute approximate surface area is 60.8 Å². The molecule has 0 saturated heterocycles. The summed E-state index contributed by atoms with van der Waals surface area (Å²) in [4.78, 5) is 0. The summed E-state index contributed by atoms with van der Waals surface area (Å²) in [6.07, 6.45) is 1.04. The van der Waals surface area contributed by atoms with Gasteiger partial charge in [0.15, 0.2) is 0 Å². The second kappa shape index (κ2) is 3.22. The van der Waals surface area contributed by atoms with Crippen LogP contribution in [0, 0.1) is 0 Å². The third kappa shape index (κ3) is 1.74. The van der Waals surface area contributed by atoms with E-state index in [1.54, 1.807) is 0 Å². The van der Waals surface area contributed by atoms with Gasteiger partial charge < -0.3 is 11.5 Å². The predicted molar refractivity (Wildman–Crippen MR) is 42.3 cm³/mol. The summed E-state index contributed by atoms with van der Waals surface area (Å²) in [5.74, 6) is 0. The minimum Gasteiger partial charge on any atom is -0.399 e. The molecular weight excluding hydrogens is 124 g/mol. The van der Waals surface area contributed by atoms with E-state index in [1.165, 1.54) is 5.56 Å². The first-order valence-electron chi connectivity index (χ1n) is 3.46. The summed E-state index contributed by atoms with van der Waals surface area (Å²) in [7, 11) is 0. The molecule has 0 amide bonds. The number of hydrogen-bond donors (Lipinski definition) is 2. The van der Waals surface area contributed by atoms with Gasteiger partial charge in [0.1, 0.15) is 0 Å². The average Bonchev–Trinajstić information content (AvgIpc) is 1.95. The van der Waals surface area contributed by atoms with E-state index in [-0.39, 0.29) is 0 Å². The monoisotopic (exact) mass is 137 g/mol. The number of hydrogen-bond acceptors (Lipinski definition) is 1. The SMILES string of the molecule is Nc1ccc(CC[NH3+])cc1. The molecule has 0 bridgehead atoms. The summed E-state index contributed by atoms with van der Waals surface area (Å²) in [6, 6.07) is 7.93. The maximum absolute atomic E-state index is 5.51. The van der Waals surface area contributed by atoms with E-state index in [2.05, 4.69) is 5.73 Å². The molecule has 0 radical (unpaired) electrons. The van der Waals surface area contributed by atoms with E-state index in [4.69, 9.17) is 5.73 Å². The molecule has 2 heteroatoms. The van der Waals surface area contributed by atoms with E-state index in [0.717, 1.165) is 18.7 Å². The van der Waals surface area contributed by atoms with Crippen LogP contribution in [0.25, 0.3) is 0 Å². The highest BCUT2D eigenvalue weighted by atomic mass is 14.5. The molecule has 0 aromatic heterocycles. The first-order chi connectivity index (χ1) is 4.83. The molecule has 0 atom stereocenters. The molecule has 0 fully saturated rings. The molecule has 1 aromatic carbocycles. The molecule has 0 aliphatic carbocycles. The maximum atomic E-state index is 5.51. The van der Waals surface area contributed by atoms with Crippen molar-refractivity contribution in [3.63, 3.8) is 0 Å². The van der Waals surface area contributed by atoms with Gasteiger partial charge in [-0.15, -0.1) is 0 Å². The lowest BCUT2D eigenvalue weighted by molar-refractivity contribution is -0.366. The molecule has 1 rings (SSSR count). The number of quaternary nitrogens is 1. The Hall–Kier alpha value is -1.02. The standard InChI is InChI=1S/C8H12N2/c9-6-5-7-1-3-8(10)4-2-7/h1-4H,5-6,9-10H2/p+1. The highest BCUT2D eigenvalue weighted by Gasteiger charge is 1.89. The van der Waals surface area contributed by atoms with Gasteiger partial charge in [-0.05, 0) is 17.7 Å². The number of nitrogens with two attached hydrogens (primary N) is 1. The minimum absolute atomic E-state index is 0.827. The lowest BCUT2D eigenvalue weighted by atomic mass is 10.1. The molecule has 0 saturated carbocycles. The predicted octanol–water partition coefficient (Wildman–Crippen LogP) is 0.0532. The van der Waals surface area contributed by atoms with Gasteiger partial charge >= 0.3 is 0 Å². The second-order valence-corrected chi connectivity index (χ2v) is 2.35. The largest absolute Gasteiger partial charge is 0.399 e. The normalized spacial score (nSPS) is 9.70. The van der Waals surface area contributed by atoms with Crippen molar-refractivity contribution >= 4 is 5.69 Å². The molecule has 10 heavy (non-hydrogen) atoms. The van der Waals surface area contributed by atoms with Crippen molar-refractivity contribution in [1.29, 1.82) is 0 Å². The van der Waals surface area contributed by atoms with Gasteiger partial charge in [0.25, 0.3) is 0 Å². The molecular formula is C8H13N2+. The van der Waals surface area contributed by atoms with Gasteiger partial charge in [0.2, 0.25) is 0 Å². The Bertz CT molecular complexity index is 191. The zero-order valence-corrected chi connectivity index (χ0v) is 6.01. The Kier molecular flexibility index (Phi) is 2.29. The molecule has 0 aliphatic heterocycles. The van der Waals surface area contributed by atoms with Crippen LogP contribution >= 0.6 is 0 Å². The number of anilines is 1. The van der Waals surface area contributed by atoms with Crippen LogP contribution in [0.5, 0.6) is 0 Å². The van der Waals surface area contributed by atoms with Crippen molar-refractivity contribution < 1.29 is 5.73 Å². The molecule has 0 spiro atoms. The zero-order chi connectivity index (χ0) is 7.40. The molecule has 54 valence electrons. The van der Waals surface area contributed by atoms with Crippen LogP contribution in [0.3, 0.4) is 0 Å². The van der Waals surface area contributed by atoms with E-state index in [1.807, 2.05) is 24.3 Å². The lowest BCUT2D eigenvalue weighted by Gasteiger charge is -1.96. The fourth-order valence-corrected chi connectivity index (χ4v) is 0.888. The zero-order valence-electron chi connectivity index (χ0n) is 6.01. The Morgan fingerprint density at radius 2 is 1.80 bits per heavy atom. The van der Waals surface area contributed by atoms with Gasteiger partial charge in [0.05, 0.1) is 6.54 Å². The average molecular weight is 137 g/mol. The van der Waals surface area contributed by atoms with Crippen LogP contribution in [-0.2, 0) is 6.42 Å². The van der Waals surface area contributed by atoms with E-state index < -0.39 is 0 Å². The van der Waals surface area contributed by atoms with Crippen molar-refractivity contribution in [1.82, 2.24) is 0 Å². The molecule has 0 heterocycles. The van der Waals surface area contributed by atoms with Crippen LogP contribution in [0.1, 0.15) is 5.56 Å². The number of benzene rings is 1. The third-order valence-corrected chi connectivity index (χ3v) is 1.45. The smallest absolute Gasteiger partial charge is 0.0780 e. The Morgan fingerprint density at radius 3 is 2.30 bits per heavy atom. The van der Waals surface area contributed by atoms with Gasteiger partial charge in [-0.2, -0.15) is 0 Å². The molecule has 5 N–H and O–H groups in total. The first-order valence-corrected chi connectivity index (χ1v) is 3.46. The van der Waals surface area contributed by atoms with Crippen LogP contribution in [0.2, 0.25) is 0 Å². The summed E-state index contributed by atoms with van der Waals surface area (Å²) >= 11 is 0. The summed E-state index contributed by atoms with van der Waals surface area (Å²) in [6.45, 7) is 0.948. The van der Waals surface area contributed by atoms with Crippen molar-refractivity contribution in [3.05, 3.63) is 29.8 Å². The van der Waals surface area contributed by atoms with E-state index >= 15 is 0 Å². The molecule has 0 aliphatic rings. The fourth-order valence-electron chi connectivity index (χ4n) is 0.888. The fraction of sp³-hybridized carbons (Fsp3) is 0.250. The summed E-state index contributed by atoms with van der Waals surface area (Å²) in [5, 5.41) is 0. The van der Waals surface area contributed by atoms with Gasteiger partial charge in [-0.1, -0.05) is 12.1 Å². The number of rotatable bonds is 2. The summed E-state index contributed by atoms with van der Waals surface area (Å²) in [5.41, 5.74) is 11.4. The van der Waals surface area contributed by atoms with E-state index in [9.17, 15) is 0 Å². The lowest BCUT2D eigenvalue weighted by Crippen LogP contribution is -2.51. The van der Waals surface area contributed by atoms with E-state index in [0.29, 0.717) is 0 Å². The van der Waals surface area contributed by atoms with Crippen molar-refractivity contribution in [2.75, 3.05) is 12.3 Å². The van der Waals surface area contributed by atoms with Crippen LogP contribution < -0.4 is 11.5 Å². The highest BCUT2D eigenvalue weighted by Crippen LogP contribution is 2.04. The van der Waals surface area contributed by atoms with Crippen LogP contribution in [0.15, 0.2) is 24.3 Å². The highest BCUT2D eigenvalue weighted by molar-refractivity contribution is 5.39. The van der Waals surface area contributed by atoms with Gasteiger partial charge in [-0.3, -0.25) is 0 Å². The molecule has 0 unspecified atom stereocenters. The quantitative estimate of drug-likeness (QED) is 0.556. The minimum atomic E-state index is 0.827. The van der Waals surface area contributed by atoms with Crippen LogP contribution in [0.4, 0.5) is 5.69 Å². The second-order valence-electron chi connectivity index (χ2n) is 2.35. The number of nitrogen functional groups attached to an aromatic ring is 1. The van der Waals surface area contributed by atoms with Crippen molar-refractivity contribution in [2.24, 2.45) is 0 Å². The van der Waals surface area contributed by atoms with Crippen molar-refractivity contribution in [2.45, 2.75) is 6.42 Å². The third-order valence-electron chi connectivity index (χ3n) is 1.45. The summed E-state index contributed by atoms with van der Waals surface area (Å²) < 4.78 is 0. The molecule has 1 aromatic rings. The van der Waals surface area contributed by atoms with Gasteiger partial charge in [-0.25, -0.2) is 0 Å². The first kappa shape index (κ1) is 7.09. The maximum Gasteiger partial charge on any atom is 0.0780 e. The van der Waals surface area contributed by atoms with Crippen LogP contribution in [-0.4, -0.2) is 6.54 Å². The Morgan fingerprint density at radius 1 is 1.20 bits per heavy atom.